The number of hydrogen-bond donors (Lipinski definition) is 1. The van der Waals surface area contributed by atoms with Crippen molar-refractivity contribution in [2.24, 2.45) is 0 Å². The largest absolute Gasteiger partial charge is 0.301 e. The van der Waals surface area contributed by atoms with Crippen LogP contribution in [-0.4, -0.2) is 12.0 Å². The highest BCUT2D eigenvalue weighted by molar-refractivity contribution is 6.29. The molecule has 0 fully saturated rings. The van der Waals surface area contributed by atoms with E-state index in [0.29, 0.717) is 6.29 Å². The number of aldehydes is 1. The number of nitrogens with one attached hydrogen (secondary N) is 1. The lowest BCUT2D eigenvalue weighted by molar-refractivity contribution is -0.102. The summed E-state index contributed by atoms with van der Waals surface area (Å²) >= 11 is 0. The fraction of sp³-hybridized carbons (Fsp3) is 0.273. The van der Waals surface area contributed by atoms with E-state index in [4.69, 9.17) is 5.41 Å². The molecule has 1 atom stereocenters. The summed E-state index contributed by atoms with van der Waals surface area (Å²) in [5, 5.41) is 7.37. The molecule has 0 bridgehead atoms. The zero-order valence-corrected chi connectivity index (χ0v) is 7.87. The van der Waals surface area contributed by atoms with Crippen LogP contribution in [0.25, 0.3) is 0 Å². The Kier molecular flexibility index (Phi) is 2.96. The van der Waals surface area contributed by atoms with Crippen molar-refractivity contribution in [3.05, 3.63) is 35.4 Å². The molecule has 1 N–H and O–H groups in total. The van der Waals surface area contributed by atoms with Crippen molar-refractivity contribution >= 4 is 12.0 Å². The Morgan fingerprint density at radius 2 is 1.92 bits per heavy atom. The Morgan fingerprint density at radius 1 is 1.38 bits per heavy atom. The fourth-order valence-electron chi connectivity index (χ4n) is 1.14. The van der Waals surface area contributed by atoms with E-state index >= 15 is 0 Å². The van der Waals surface area contributed by atoms with E-state index in [9.17, 15) is 4.79 Å². The van der Waals surface area contributed by atoms with Crippen molar-refractivity contribution in [3.8, 4) is 0 Å². The number of carbonyl (C=O) groups excluding carboxylic acids is 1. The quantitative estimate of drug-likeness (QED) is 0.556. The number of hydrogen-bond acceptors (Lipinski definition) is 2. The molecular formula is C11H13NO. The second-order valence-corrected chi connectivity index (χ2v) is 3.21. The van der Waals surface area contributed by atoms with Crippen molar-refractivity contribution in [2.45, 2.75) is 19.8 Å². The minimum atomic E-state index is -0.0990. The molecule has 1 rings (SSSR count). The van der Waals surface area contributed by atoms with Gasteiger partial charge in [-0.05, 0) is 12.5 Å². The standard InChI is InChI=1S/C11H13NO/c1-8-3-5-10(6-4-8)9(2)11(12)7-13/h3-7,9,12H,1-2H3. The van der Waals surface area contributed by atoms with Crippen LogP contribution >= 0.6 is 0 Å². The Morgan fingerprint density at radius 3 is 2.38 bits per heavy atom. The van der Waals surface area contributed by atoms with E-state index < -0.39 is 0 Å². The lowest BCUT2D eigenvalue weighted by Crippen LogP contribution is -2.08. The van der Waals surface area contributed by atoms with E-state index in [2.05, 4.69) is 0 Å². The van der Waals surface area contributed by atoms with E-state index in [-0.39, 0.29) is 11.6 Å². The lowest BCUT2D eigenvalue weighted by Gasteiger charge is -2.08. The van der Waals surface area contributed by atoms with Crippen LogP contribution in [0, 0.1) is 12.3 Å². The van der Waals surface area contributed by atoms with Gasteiger partial charge in [0, 0.05) is 5.92 Å². The van der Waals surface area contributed by atoms with Gasteiger partial charge in [-0.15, -0.1) is 0 Å². The zero-order valence-electron chi connectivity index (χ0n) is 7.87. The first kappa shape index (κ1) is 9.65. The normalized spacial score (nSPS) is 12.2. The van der Waals surface area contributed by atoms with Gasteiger partial charge in [-0.3, -0.25) is 4.79 Å². The van der Waals surface area contributed by atoms with Crippen LogP contribution in [0.3, 0.4) is 0 Å². The van der Waals surface area contributed by atoms with Crippen molar-refractivity contribution in [1.29, 1.82) is 5.41 Å². The summed E-state index contributed by atoms with van der Waals surface area (Å²) in [7, 11) is 0. The van der Waals surface area contributed by atoms with Gasteiger partial charge in [0.1, 0.15) is 0 Å². The maximum atomic E-state index is 10.4. The average molecular weight is 175 g/mol. The maximum Gasteiger partial charge on any atom is 0.164 e. The summed E-state index contributed by atoms with van der Waals surface area (Å²) in [6, 6.07) is 7.89. The number of benzene rings is 1. The molecular weight excluding hydrogens is 162 g/mol. The van der Waals surface area contributed by atoms with Crippen molar-refractivity contribution in [3.63, 3.8) is 0 Å². The van der Waals surface area contributed by atoms with Crippen molar-refractivity contribution in [1.82, 2.24) is 0 Å². The van der Waals surface area contributed by atoms with Gasteiger partial charge in [-0.1, -0.05) is 36.8 Å². The first-order valence-electron chi connectivity index (χ1n) is 4.25. The Balaban J connectivity index is 2.89. The fourth-order valence-corrected chi connectivity index (χ4v) is 1.14. The van der Waals surface area contributed by atoms with Gasteiger partial charge in [-0.2, -0.15) is 0 Å². The number of aryl methyl sites for hydroxylation is 1. The predicted octanol–water partition coefficient (Wildman–Crippen LogP) is 2.32. The Hall–Kier alpha value is -1.44. The second-order valence-electron chi connectivity index (χ2n) is 3.21. The molecule has 2 heteroatoms. The van der Waals surface area contributed by atoms with Crippen LogP contribution in [0.2, 0.25) is 0 Å². The van der Waals surface area contributed by atoms with E-state index in [0.717, 1.165) is 5.56 Å². The third-order valence-electron chi connectivity index (χ3n) is 2.17. The van der Waals surface area contributed by atoms with Gasteiger partial charge in [0.15, 0.2) is 6.29 Å². The highest BCUT2D eigenvalue weighted by Gasteiger charge is 2.09. The molecule has 13 heavy (non-hydrogen) atoms. The SMILES string of the molecule is Cc1ccc(C(C)C(=N)C=O)cc1. The first-order chi connectivity index (χ1) is 6.15. The van der Waals surface area contributed by atoms with Gasteiger partial charge in [0.25, 0.3) is 0 Å². The van der Waals surface area contributed by atoms with E-state index in [1.165, 1.54) is 5.56 Å². The molecule has 0 radical (unpaired) electrons. The highest BCUT2D eigenvalue weighted by atomic mass is 16.1. The minimum absolute atomic E-state index is 0.0990. The molecule has 0 aliphatic heterocycles. The first-order valence-corrected chi connectivity index (χ1v) is 4.25. The molecule has 1 unspecified atom stereocenters. The van der Waals surface area contributed by atoms with Gasteiger partial charge < -0.3 is 5.41 Å². The second kappa shape index (κ2) is 3.99. The molecule has 1 aromatic rings. The summed E-state index contributed by atoms with van der Waals surface area (Å²) in [5.74, 6) is -0.0990. The third-order valence-corrected chi connectivity index (χ3v) is 2.17. The third kappa shape index (κ3) is 2.25. The van der Waals surface area contributed by atoms with Crippen molar-refractivity contribution < 1.29 is 4.79 Å². The summed E-state index contributed by atoms with van der Waals surface area (Å²) in [5.41, 5.74) is 2.33. The van der Waals surface area contributed by atoms with Crippen LogP contribution in [0.15, 0.2) is 24.3 Å². The van der Waals surface area contributed by atoms with Crippen LogP contribution < -0.4 is 0 Å². The molecule has 0 aliphatic rings. The summed E-state index contributed by atoms with van der Waals surface area (Å²) in [6.07, 6.45) is 0.602. The molecule has 0 spiro atoms. The molecule has 0 saturated heterocycles. The monoisotopic (exact) mass is 175 g/mol. The van der Waals surface area contributed by atoms with Crippen LogP contribution in [0.5, 0.6) is 0 Å². The molecule has 0 heterocycles. The molecule has 68 valence electrons. The number of carbonyl (C=O) groups is 1. The van der Waals surface area contributed by atoms with E-state index in [1.807, 2.05) is 38.1 Å². The molecule has 0 amide bonds. The topological polar surface area (TPSA) is 40.9 Å². The Bertz CT molecular complexity index is 313. The van der Waals surface area contributed by atoms with Gasteiger partial charge >= 0.3 is 0 Å². The summed E-state index contributed by atoms with van der Waals surface area (Å²) in [4.78, 5) is 10.4. The highest BCUT2D eigenvalue weighted by Crippen LogP contribution is 2.15. The minimum Gasteiger partial charge on any atom is -0.301 e. The lowest BCUT2D eigenvalue weighted by atomic mass is 9.96. The predicted molar refractivity (Wildman–Crippen MR) is 53.4 cm³/mol. The van der Waals surface area contributed by atoms with Gasteiger partial charge in [0.05, 0.1) is 5.71 Å². The summed E-state index contributed by atoms with van der Waals surface area (Å²) in [6.45, 7) is 3.88. The molecule has 2 nitrogen and oxygen atoms in total. The average Bonchev–Trinajstić information content (AvgIpc) is 2.17. The smallest absolute Gasteiger partial charge is 0.164 e. The van der Waals surface area contributed by atoms with Crippen LogP contribution in [0.4, 0.5) is 0 Å². The van der Waals surface area contributed by atoms with Crippen LogP contribution in [0.1, 0.15) is 24.0 Å². The van der Waals surface area contributed by atoms with Crippen molar-refractivity contribution in [2.75, 3.05) is 0 Å². The van der Waals surface area contributed by atoms with Crippen LogP contribution in [-0.2, 0) is 4.79 Å². The molecule has 0 aromatic heterocycles. The maximum absolute atomic E-state index is 10.4. The summed E-state index contributed by atoms with van der Waals surface area (Å²) < 4.78 is 0. The zero-order chi connectivity index (χ0) is 9.84. The molecule has 0 aliphatic carbocycles. The van der Waals surface area contributed by atoms with E-state index in [1.54, 1.807) is 0 Å². The molecule has 0 saturated carbocycles. The number of rotatable bonds is 3. The molecule has 1 aromatic carbocycles. The van der Waals surface area contributed by atoms with Gasteiger partial charge in [0.2, 0.25) is 0 Å². The Labute approximate surface area is 78.1 Å². The van der Waals surface area contributed by atoms with Gasteiger partial charge in [-0.25, -0.2) is 0 Å².